The van der Waals surface area contributed by atoms with Gasteiger partial charge >= 0.3 is 0 Å². The molecule has 2 aromatic carbocycles. The van der Waals surface area contributed by atoms with Gasteiger partial charge < -0.3 is 5.32 Å². The smallest absolute Gasteiger partial charge is 0.230 e. The van der Waals surface area contributed by atoms with E-state index >= 15 is 0 Å². The van der Waals surface area contributed by atoms with Crippen LogP contribution in [0.1, 0.15) is 22.3 Å². The average molecular weight is 366 g/mol. The summed E-state index contributed by atoms with van der Waals surface area (Å²) in [5, 5.41) is 11.8. The lowest BCUT2D eigenvalue weighted by atomic mass is 10.1. The fourth-order valence-electron chi connectivity index (χ4n) is 2.56. The van der Waals surface area contributed by atoms with E-state index in [4.69, 9.17) is 0 Å². The zero-order valence-corrected chi connectivity index (χ0v) is 16.0. The van der Waals surface area contributed by atoms with Crippen molar-refractivity contribution in [2.45, 2.75) is 32.5 Å². The molecule has 0 saturated heterocycles. The summed E-state index contributed by atoms with van der Waals surface area (Å²) in [6.07, 6.45) is 1.68. The molecule has 3 aromatic rings. The number of carbonyl (C=O) groups excluding carboxylic acids is 1. The molecule has 3 rings (SSSR count). The van der Waals surface area contributed by atoms with E-state index in [1.807, 2.05) is 41.8 Å². The topological polar surface area (TPSA) is 59.8 Å². The van der Waals surface area contributed by atoms with Crippen LogP contribution in [0.5, 0.6) is 0 Å². The molecule has 0 fully saturated rings. The van der Waals surface area contributed by atoms with Crippen LogP contribution in [-0.4, -0.2) is 26.4 Å². The summed E-state index contributed by atoms with van der Waals surface area (Å²) in [6, 6.07) is 14.3. The number of carbonyl (C=O) groups is 1. The molecular formula is C20H22N4OS. The Hall–Kier alpha value is -2.60. The largest absolute Gasteiger partial charge is 0.351 e. The summed E-state index contributed by atoms with van der Waals surface area (Å²) in [4.78, 5) is 12.2. The van der Waals surface area contributed by atoms with E-state index in [0.29, 0.717) is 17.5 Å². The third kappa shape index (κ3) is 4.32. The molecule has 1 N–H and O–H groups in total. The number of hydrogen-bond donors (Lipinski definition) is 1. The molecule has 0 radical (unpaired) electrons. The summed E-state index contributed by atoms with van der Waals surface area (Å²) >= 11 is 1.38. The lowest BCUT2D eigenvalue weighted by molar-refractivity contribution is -0.118. The Morgan fingerprint density at radius 1 is 1.08 bits per heavy atom. The number of rotatable bonds is 6. The van der Waals surface area contributed by atoms with E-state index < -0.39 is 0 Å². The Kier molecular flexibility index (Phi) is 5.73. The van der Waals surface area contributed by atoms with Crippen molar-refractivity contribution in [3.05, 3.63) is 71.0 Å². The molecule has 5 nitrogen and oxygen atoms in total. The van der Waals surface area contributed by atoms with Gasteiger partial charge in [-0.15, -0.1) is 10.2 Å². The Morgan fingerprint density at radius 3 is 2.65 bits per heavy atom. The van der Waals surface area contributed by atoms with Crippen LogP contribution >= 0.6 is 11.8 Å². The van der Waals surface area contributed by atoms with Crippen LogP contribution in [0.25, 0.3) is 5.69 Å². The van der Waals surface area contributed by atoms with Gasteiger partial charge in [-0.3, -0.25) is 9.36 Å². The van der Waals surface area contributed by atoms with Gasteiger partial charge in [0.1, 0.15) is 6.33 Å². The van der Waals surface area contributed by atoms with Gasteiger partial charge in [0, 0.05) is 12.2 Å². The van der Waals surface area contributed by atoms with Crippen molar-refractivity contribution in [1.29, 1.82) is 0 Å². The van der Waals surface area contributed by atoms with Crippen LogP contribution in [0.15, 0.2) is 53.9 Å². The maximum atomic E-state index is 12.2. The number of amides is 1. The van der Waals surface area contributed by atoms with Crippen molar-refractivity contribution in [3.8, 4) is 5.69 Å². The first-order valence-corrected chi connectivity index (χ1v) is 9.45. The van der Waals surface area contributed by atoms with E-state index in [-0.39, 0.29) is 5.91 Å². The minimum absolute atomic E-state index is 0.0205. The molecule has 26 heavy (non-hydrogen) atoms. The first kappa shape index (κ1) is 18.2. The minimum atomic E-state index is -0.0205. The molecular weight excluding hydrogens is 344 g/mol. The molecule has 0 aliphatic carbocycles. The molecule has 0 atom stereocenters. The van der Waals surface area contributed by atoms with Crippen molar-refractivity contribution in [3.63, 3.8) is 0 Å². The number of thioether (sulfide) groups is 1. The summed E-state index contributed by atoms with van der Waals surface area (Å²) in [5.41, 5.74) is 5.76. The standard InChI is InChI=1S/C20H22N4OS/c1-14-8-9-18(10-16(14)3)24-13-22-23-20(24)26-12-19(25)21-11-17-7-5-4-6-15(17)2/h4-10,13H,11-12H2,1-3H3,(H,21,25). The molecule has 1 aromatic heterocycles. The Morgan fingerprint density at radius 2 is 1.88 bits per heavy atom. The van der Waals surface area contributed by atoms with Gasteiger partial charge in [0.25, 0.3) is 0 Å². The summed E-state index contributed by atoms with van der Waals surface area (Å²) in [5.74, 6) is 0.281. The molecule has 6 heteroatoms. The number of benzene rings is 2. The van der Waals surface area contributed by atoms with Crippen molar-refractivity contribution in [2.75, 3.05) is 5.75 Å². The van der Waals surface area contributed by atoms with Crippen LogP contribution in [-0.2, 0) is 11.3 Å². The fourth-order valence-corrected chi connectivity index (χ4v) is 3.32. The van der Waals surface area contributed by atoms with Gasteiger partial charge in [-0.05, 0) is 55.2 Å². The highest BCUT2D eigenvalue weighted by Gasteiger charge is 2.11. The maximum absolute atomic E-state index is 12.2. The number of aryl methyl sites for hydroxylation is 3. The van der Waals surface area contributed by atoms with Gasteiger partial charge in [0.05, 0.1) is 5.75 Å². The molecule has 0 saturated carbocycles. The summed E-state index contributed by atoms with van der Waals surface area (Å²) in [7, 11) is 0. The number of aromatic nitrogens is 3. The van der Waals surface area contributed by atoms with Gasteiger partial charge in [0.15, 0.2) is 5.16 Å². The highest BCUT2D eigenvalue weighted by Crippen LogP contribution is 2.21. The lowest BCUT2D eigenvalue weighted by Crippen LogP contribution is -2.25. The third-order valence-corrected chi connectivity index (χ3v) is 5.30. The highest BCUT2D eigenvalue weighted by atomic mass is 32.2. The zero-order chi connectivity index (χ0) is 18.5. The molecule has 1 amide bonds. The van der Waals surface area contributed by atoms with Crippen molar-refractivity contribution >= 4 is 17.7 Å². The summed E-state index contributed by atoms with van der Waals surface area (Å²) in [6.45, 7) is 6.74. The van der Waals surface area contributed by atoms with Crippen LogP contribution in [0.4, 0.5) is 0 Å². The number of nitrogens with one attached hydrogen (secondary N) is 1. The van der Waals surface area contributed by atoms with Crippen molar-refractivity contribution in [2.24, 2.45) is 0 Å². The van der Waals surface area contributed by atoms with Gasteiger partial charge in [-0.2, -0.15) is 0 Å². The Balaban J connectivity index is 1.60. The first-order chi connectivity index (χ1) is 12.5. The molecule has 0 aliphatic rings. The SMILES string of the molecule is Cc1ccc(-n2cnnc2SCC(=O)NCc2ccccc2C)cc1C. The maximum Gasteiger partial charge on any atom is 0.230 e. The monoisotopic (exact) mass is 366 g/mol. The lowest BCUT2D eigenvalue weighted by Gasteiger charge is -2.09. The average Bonchev–Trinajstić information content (AvgIpc) is 3.10. The number of nitrogens with zero attached hydrogens (tertiary/aromatic N) is 3. The van der Waals surface area contributed by atoms with E-state index in [1.165, 1.54) is 28.5 Å². The van der Waals surface area contributed by atoms with E-state index in [0.717, 1.165) is 11.3 Å². The predicted molar refractivity (Wildman–Crippen MR) is 105 cm³/mol. The quantitative estimate of drug-likeness (QED) is 0.677. The second-order valence-corrected chi connectivity index (χ2v) is 7.19. The Bertz CT molecular complexity index is 920. The predicted octanol–water partition coefficient (Wildman–Crippen LogP) is 3.60. The fraction of sp³-hybridized carbons (Fsp3) is 0.250. The molecule has 134 valence electrons. The Labute approximate surface area is 157 Å². The van der Waals surface area contributed by atoms with Crippen LogP contribution < -0.4 is 5.32 Å². The highest BCUT2D eigenvalue weighted by molar-refractivity contribution is 7.99. The number of hydrogen-bond acceptors (Lipinski definition) is 4. The molecule has 0 unspecified atom stereocenters. The molecule has 0 bridgehead atoms. The molecule has 0 aliphatic heterocycles. The van der Waals surface area contributed by atoms with Gasteiger partial charge in [-0.25, -0.2) is 0 Å². The van der Waals surface area contributed by atoms with Crippen LogP contribution in [0, 0.1) is 20.8 Å². The summed E-state index contributed by atoms with van der Waals surface area (Å²) < 4.78 is 1.91. The second-order valence-electron chi connectivity index (χ2n) is 6.24. The van der Waals surface area contributed by atoms with Crippen molar-refractivity contribution < 1.29 is 4.79 Å². The van der Waals surface area contributed by atoms with Crippen molar-refractivity contribution in [1.82, 2.24) is 20.1 Å². The van der Waals surface area contributed by atoms with Crippen LogP contribution in [0.2, 0.25) is 0 Å². The third-order valence-electron chi connectivity index (χ3n) is 4.35. The second kappa shape index (κ2) is 8.19. The minimum Gasteiger partial charge on any atom is -0.351 e. The molecule has 1 heterocycles. The van der Waals surface area contributed by atoms with Crippen LogP contribution in [0.3, 0.4) is 0 Å². The zero-order valence-electron chi connectivity index (χ0n) is 15.2. The van der Waals surface area contributed by atoms with Gasteiger partial charge in [-0.1, -0.05) is 42.1 Å². The normalized spacial score (nSPS) is 10.7. The van der Waals surface area contributed by atoms with E-state index in [1.54, 1.807) is 6.33 Å². The molecule has 0 spiro atoms. The van der Waals surface area contributed by atoms with Gasteiger partial charge in [0.2, 0.25) is 5.91 Å². The first-order valence-electron chi connectivity index (χ1n) is 8.46. The van der Waals surface area contributed by atoms with E-state index in [9.17, 15) is 4.79 Å². The van der Waals surface area contributed by atoms with E-state index in [2.05, 4.69) is 41.5 Å².